The van der Waals surface area contributed by atoms with Gasteiger partial charge in [0.1, 0.15) is 23.4 Å². The maximum Gasteiger partial charge on any atom is 0.170 e. The van der Waals surface area contributed by atoms with Gasteiger partial charge in [-0.2, -0.15) is 5.26 Å². The number of H-pyrrole nitrogens is 1. The normalized spacial score (nSPS) is 10.1. The van der Waals surface area contributed by atoms with Crippen molar-refractivity contribution in [3.8, 4) is 6.07 Å². The maximum absolute atomic E-state index is 13.4. The molecule has 0 spiro atoms. The molecule has 0 saturated heterocycles. The second kappa shape index (κ2) is 4.80. The topological polar surface area (TPSA) is 69.5 Å². The molecule has 2 rings (SSSR count). The van der Waals surface area contributed by atoms with E-state index >= 15 is 0 Å². The minimum atomic E-state index is -0.557. The minimum absolute atomic E-state index is 0.00940. The van der Waals surface area contributed by atoms with Crippen LogP contribution in [-0.2, 0) is 6.42 Å². The number of nitrogens with one attached hydrogen (secondary N) is 1. The summed E-state index contributed by atoms with van der Waals surface area (Å²) in [7, 11) is 0. The number of halogens is 1. The Hall–Kier alpha value is -2.48. The highest BCUT2D eigenvalue weighted by Crippen LogP contribution is 2.14. The lowest BCUT2D eigenvalue weighted by Gasteiger charge is -2.01. The number of aldehydes is 1. The van der Waals surface area contributed by atoms with E-state index in [1.165, 1.54) is 12.1 Å². The van der Waals surface area contributed by atoms with Crippen molar-refractivity contribution >= 4 is 6.29 Å². The standard InChI is InChI=1S/C13H10FN3O/c1-8-16-12(13(7-18)17-8)5-9-2-3-10(6-15)11(14)4-9/h2-4,7H,5H2,1H3,(H,16,17). The summed E-state index contributed by atoms with van der Waals surface area (Å²) in [5, 5.41) is 8.63. The van der Waals surface area contributed by atoms with Crippen molar-refractivity contribution in [2.24, 2.45) is 0 Å². The zero-order valence-corrected chi connectivity index (χ0v) is 9.70. The van der Waals surface area contributed by atoms with Crippen LogP contribution in [0.25, 0.3) is 0 Å². The molecule has 2 aromatic rings. The van der Waals surface area contributed by atoms with Crippen LogP contribution >= 0.6 is 0 Å². The van der Waals surface area contributed by atoms with E-state index in [1.54, 1.807) is 19.1 Å². The average molecular weight is 243 g/mol. The number of aryl methyl sites for hydroxylation is 1. The van der Waals surface area contributed by atoms with Gasteiger partial charge in [0.2, 0.25) is 0 Å². The molecule has 4 nitrogen and oxygen atoms in total. The number of aromatic amines is 1. The van der Waals surface area contributed by atoms with Crippen LogP contribution in [-0.4, -0.2) is 16.3 Å². The summed E-state index contributed by atoms with van der Waals surface area (Å²) in [4.78, 5) is 17.8. The van der Waals surface area contributed by atoms with E-state index in [1.807, 2.05) is 0 Å². The molecule has 0 unspecified atom stereocenters. The van der Waals surface area contributed by atoms with Gasteiger partial charge in [0.25, 0.3) is 0 Å². The quantitative estimate of drug-likeness (QED) is 0.839. The Morgan fingerprint density at radius 3 is 2.94 bits per heavy atom. The number of rotatable bonds is 3. The van der Waals surface area contributed by atoms with E-state index in [9.17, 15) is 9.18 Å². The van der Waals surface area contributed by atoms with Gasteiger partial charge in [-0.1, -0.05) is 6.07 Å². The fourth-order valence-corrected chi connectivity index (χ4v) is 1.75. The molecule has 0 aliphatic heterocycles. The SMILES string of the molecule is Cc1nc(C=O)c(Cc2ccc(C#N)c(F)c2)[nH]1. The van der Waals surface area contributed by atoms with E-state index in [-0.39, 0.29) is 5.56 Å². The van der Waals surface area contributed by atoms with E-state index in [0.29, 0.717) is 35.5 Å². The summed E-state index contributed by atoms with van der Waals surface area (Å²) >= 11 is 0. The van der Waals surface area contributed by atoms with Crippen molar-refractivity contribution < 1.29 is 9.18 Å². The maximum atomic E-state index is 13.4. The first-order valence-corrected chi connectivity index (χ1v) is 5.33. The number of hydrogen-bond donors (Lipinski definition) is 1. The molecule has 1 aromatic heterocycles. The van der Waals surface area contributed by atoms with E-state index in [4.69, 9.17) is 5.26 Å². The van der Waals surface area contributed by atoms with Gasteiger partial charge in [0, 0.05) is 12.1 Å². The van der Waals surface area contributed by atoms with Crippen molar-refractivity contribution in [2.75, 3.05) is 0 Å². The van der Waals surface area contributed by atoms with Gasteiger partial charge in [-0.3, -0.25) is 4.79 Å². The van der Waals surface area contributed by atoms with Crippen molar-refractivity contribution in [2.45, 2.75) is 13.3 Å². The van der Waals surface area contributed by atoms with Crippen LogP contribution in [0.5, 0.6) is 0 Å². The van der Waals surface area contributed by atoms with E-state index in [0.717, 1.165) is 0 Å². The lowest BCUT2D eigenvalue weighted by molar-refractivity contribution is 0.111. The first kappa shape index (κ1) is 12.0. The van der Waals surface area contributed by atoms with Crippen molar-refractivity contribution in [1.29, 1.82) is 5.26 Å². The highest BCUT2D eigenvalue weighted by Gasteiger charge is 2.09. The van der Waals surface area contributed by atoms with Crippen LogP contribution in [0.4, 0.5) is 4.39 Å². The molecular formula is C13H10FN3O. The Labute approximate surface area is 103 Å². The fraction of sp³-hybridized carbons (Fsp3) is 0.154. The molecule has 0 radical (unpaired) electrons. The molecule has 0 aliphatic carbocycles. The molecule has 0 atom stereocenters. The highest BCUT2D eigenvalue weighted by molar-refractivity contribution is 5.73. The van der Waals surface area contributed by atoms with Gasteiger partial charge >= 0.3 is 0 Å². The smallest absolute Gasteiger partial charge is 0.170 e. The minimum Gasteiger partial charge on any atom is -0.345 e. The summed E-state index contributed by atoms with van der Waals surface area (Å²) in [5.41, 5.74) is 1.66. The highest BCUT2D eigenvalue weighted by atomic mass is 19.1. The predicted molar refractivity (Wildman–Crippen MR) is 62.6 cm³/mol. The van der Waals surface area contributed by atoms with Crippen LogP contribution in [0.3, 0.4) is 0 Å². The number of hydrogen-bond acceptors (Lipinski definition) is 3. The molecule has 1 N–H and O–H groups in total. The summed E-state index contributed by atoms with van der Waals surface area (Å²) in [6.07, 6.45) is 1.04. The van der Waals surface area contributed by atoms with Crippen molar-refractivity contribution in [1.82, 2.24) is 9.97 Å². The molecule has 5 heteroatoms. The monoisotopic (exact) mass is 243 g/mol. The van der Waals surface area contributed by atoms with Gasteiger partial charge in [-0.25, -0.2) is 9.37 Å². The van der Waals surface area contributed by atoms with Gasteiger partial charge < -0.3 is 4.98 Å². The van der Waals surface area contributed by atoms with E-state index < -0.39 is 5.82 Å². The molecular weight excluding hydrogens is 233 g/mol. The van der Waals surface area contributed by atoms with Gasteiger partial charge in [0.15, 0.2) is 6.29 Å². The zero-order valence-electron chi connectivity index (χ0n) is 9.70. The predicted octanol–water partition coefficient (Wildman–Crippen LogP) is 2.13. The number of imidazole rings is 1. The third kappa shape index (κ3) is 2.28. The Balaban J connectivity index is 2.31. The Kier molecular flexibility index (Phi) is 3.20. The summed E-state index contributed by atoms with van der Waals surface area (Å²) in [5.74, 6) is 0.0834. The summed E-state index contributed by atoms with van der Waals surface area (Å²) < 4.78 is 13.4. The largest absolute Gasteiger partial charge is 0.345 e. The number of carbonyl (C=O) groups is 1. The molecule has 1 aromatic carbocycles. The molecule has 0 amide bonds. The molecule has 0 aliphatic rings. The third-order valence-electron chi connectivity index (χ3n) is 2.58. The van der Waals surface area contributed by atoms with Crippen LogP contribution in [0.15, 0.2) is 18.2 Å². The Bertz CT molecular complexity index is 640. The van der Waals surface area contributed by atoms with Gasteiger partial charge in [-0.15, -0.1) is 0 Å². The first-order valence-electron chi connectivity index (χ1n) is 5.33. The van der Waals surface area contributed by atoms with Crippen LogP contribution in [0.1, 0.15) is 33.1 Å². The molecule has 0 fully saturated rings. The summed E-state index contributed by atoms with van der Waals surface area (Å²) in [6, 6.07) is 6.14. The lowest BCUT2D eigenvalue weighted by atomic mass is 10.1. The third-order valence-corrected chi connectivity index (χ3v) is 2.58. The van der Waals surface area contributed by atoms with E-state index in [2.05, 4.69) is 9.97 Å². The number of aromatic nitrogens is 2. The van der Waals surface area contributed by atoms with Crippen molar-refractivity contribution in [3.63, 3.8) is 0 Å². The summed E-state index contributed by atoms with van der Waals surface area (Å²) in [6.45, 7) is 1.75. The molecule has 0 saturated carbocycles. The number of nitrogens with zero attached hydrogens (tertiary/aromatic N) is 2. The molecule has 1 heterocycles. The Morgan fingerprint density at radius 2 is 2.33 bits per heavy atom. The van der Waals surface area contributed by atoms with Crippen LogP contribution in [0, 0.1) is 24.1 Å². The number of benzene rings is 1. The molecule has 0 bridgehead atoms. The fourth-order valence-electron chi connectivity index (χ4n) is 1.75. The first-order chi connectivity index (χ1) is 8.63. The van der Waals surface area contributed by atoms with Gasteiger partial charge in [0.05, 0.1) is 5.56 Å². The zero-order chi connectivity index (χ0) is 13.1. The van der Waals surface area contributed by atoms with Gasteiger partial charge in [-0.05, 0) is 24.6 Å². The Morgan fingerprint density at radius 1 is 1.56 bits per heavy atom. The van der Waals surface area contributed by atoms with Crippen LogP contribution in [0.2, 0.25) is 0 Å². The molecule has 90 valence electrons. The van der Waals surface area contributed by atoms with Crippen LogP contribution < -0.4 is 0 Å². The lowest BCUT2D eigenvalue weighted by Crippen LogP contribution is -1.95. The van der Waals surface area contributed by atoms with Crippen molar-refractivity contribution in [3.05, 3.63) is 52.4 Å². The average Bonchev–Trinajstić information content (AvgIpc) is 2.70. The number of nitriles is 1. The second-order valence-electron chi connectivity index (χ2n) is 3.91. The second-order valence-corrected chi connectivity index (χ2v) is 3.91. The number of carbonyl (C=O) groups excluding carboxylic acids is 1. The molecule has 18 heavy (non-hydrogen) atoms.